The Morgan fingerprint density at radius 2 is 2.21 bits per heavy atom. The number of hydrogen-bond acceptors (Lipinski definition) is 7. The second-order valence-electron chi connectivity index (χ2n) is 6.26. The predicted octanol–water partition coefficient (Wildman–Crippen LogP) is 3.37. The van der Waals surface area contributed by atoms with Gasteiger partial charge in [0.05, 0.1) is 5.25 Å². The zero-order valence-corrected chi connectivity index (χ0v) is 16.6. The molecule has 0 bridgehead atoms. The number of thioether (sulfide) groups is 1. The Balaban J connectivity index is 1.49. The topological polar surface area (TPSA) is 91.2 Å². The first-order valence-electron chi connectivity index (χ1n) is 8.97. The Hall–Kier alpha value is -3.33. The summed E-state index contributed by atoms with van der Waals surface area (Å²) < 4.78 is 12.6. The van der Waals surface area contributed by atoms with Gasteiger partial charge in [0.2, 0.25) is 12.7 Å². The summed E-state index contributed by atoms with van der Waals surface area (Å²) in [5.41, 5.74) is 1.50. The maximum atomic E-state index is 12.7. The molecule has 0 saturated carbocycles. The molecule has 1 aliphatic rings. The van der Waals surface area contributed by atoms with Gasteiger partial charge in [-0.3, -0.25) is 14.3 Å². The lowest BCUT2D eigenvalue weighted by molar-refractivity contribution is -0.115. The van der Waals surface area contributed by atoms with Crippen molar-refractivity contribution in [2.45, 2.75) is 23.9 Å². The number of pyridine rings is 1. The quantitative estimate of drug-likeness (QED) is 0.472. The Labute approximate surface area is 172 Å². The number of carbonyl (C=O) groups is 1. The number of aromatic nitrogens is 4. The lowest BCUT2D eigenvalue weighted by Gasteiger charge is -2.13. The molecule has 0 saturated heterocycles. The van der Waals surface area contributed by atoms with E-state index in [9.17, 15) is 4.79 Å². The normalized spacial score (nSPS) is 13.1. The number of amides is 1. The largest absolute Gasteiger partial charge is 0.454 e. The Bertz CT molecular complexity index is 1040. The lowest BCUT2D eigenvalue weighted by Crippen LogP contribution is -2.23. The molecule has 9 heteroatoms. The molecule has 1 aromatic carbocycles. The highest BCUT2D eigenvalue weighted by Crippen LogP contribution is 2.34. The van der Waals surface area contributed by atoms with E-state index < -0.39 is 5.25 Å². The summed E-state index contributed by atoms with van der Waals surface area (Å²) in [6.45, 7) is 6.35. The maximum Gasteiger partial charge on any atom is 0.237 e. The molecule has 3 aromatic rings. The number of carbonyl (C=O) groups excluding carboxylic acids is 1. The smallest absolute Gasteiger partial charge is 0.237 e. The summed E-state index contributed by atoms with van der Waals surface area (Å²) in [6.07, 6.45) is 5.20. The number of nitrogens with one attached hydrogen (secondary N) is 1. The zero-order chi connectivity index (χ0) is 20.2. The van der Waals surface area contributed by atoms with Crippen LogP contribution in [0.25, 0.3) is 11.4 Å². The number of hydrogen-bond donors (Lipinski definition) is 1. The van der Waals surface area contributed by atoms with E-state index in [1.54, 1.807) is 36.7 Å². The molecule has 0 fully saturated rings. The van der Waals surface area contributed by atoms with Crippen molar-refractivity contribution in [3.05, 3.63) is 55.4 Å². The van der Waals surface area contributed by atoms with Gasteiger partial charge in [-0.2, -0.15) is 0 Å². The average Bonchev–Trinajstić information content (AvgIpc) is 3.36. The number of rotatable bonds is 7. The minimum atomic E-state index is -0.394. The maximum absolute atomic E-state index is 12.7. The highest BCUT2D eigenvalue weighted by Gasteiger charge is 2.21. The predicted molar refractivity (Wildman–Crippen MR) is 110 cm³/mol. The summed E-state index contributed by atoms with van der Waals surface area (Å²) in [4.78, 5) is 16.8. The van der Waals surface area contributed by atoms with Crippen LogP contribution in [0, 0.1) is 0 Å². The third kappa shape index (κ3) is 4.09. The van der Waals surface area contributed by atoms with E-state index in [1.807, 2.05) is 23.6 Å². The summed E-state index contributed by atoms with van der Waals surface area (Å²) in [5, 5.41) is 11.7. The first kappa shape index (κ1) is 19.0. The summed E-state index contributed by atoms with van der Waals surface area (Å²) in [7, 11) is 0. The molecule has 0 unspecified atom stereocenters. The fourth-order valence-electron chi connectivity index (χ4n) is 2.81. The van der Waals surface area contributed by atoms with Gasteiger partial charge in [0.15, 0.2) is 22.5 Å². The molecule has 1 amide bonds. The molecular weight excluding hydrogens is 390 g/mol. The minimum Gasteiger partial charge on any atom is -0.454 e. The molecule has 1 aliphatic heterocycles. The van der Waals surface area contributed by atoms with Gasteiger partial charge in [-0.25, -0.2) is 0 Å². The van der Waals surface area contributed by atoms with Gasteiger partial charge in [-0.05, 0) is 31.2 Å². The van der Waals surface area contributed by atoms with E-state index >= 15 is 0 Å². The van der Waals surface area contributed by atoms with Crippen molar-refractivity contribution in [3.63, 3.8) is 0 Å². The Morgan fingerprint density at radius 1 is 1.34 bits per heavy atom. The Morgan fingerprint density at radius 3 is 3.00 bits per heavy atom. The van der Waals surface area contributed by atoms with Crippen LogP contribution in [0.1, 0.15) is 6.92 Å². The highest BCUT2D eigenvalue weighted by molar-refractivity contribution is 8.00. The van der Waals surface area contributed by atoms with Crippen LogP contribution in [0.2, 0.25) is 0 Å². The van der Waals surface area contributed by atoms with Gasteiger partial charge in [-0.15, -0.1) is 16.8 Å². The zero-order valence-electron chi connectivity index (χ0n) is 15.7. The summed E-state index contributed by atoms with van der Waals surface area (Å²) >= 11 is 1.33. The van der Waals surface area contributed by atoms with E-state index in [4.69, 9.17) is 9.47 Å². The number of benzene rings is 1. The van der Waals surface area contributed by atoms with Gasteiger partial charge in [0.1, 0.15) is 0 Å². The first-order valence-corrected chi connectivity index (χ1v) is 9.85. The van der Waals surface area contributed by atoms with Gasteiger partial charge in [0, 0.05) is 36.3 Å². The van der Waals surface area contributed by atoms with E-state index in [-0.39, 0.29) is 12.7 Å². The van der Waals surface area contributed by atoms with Gasteiger partial charge in [-0.1, -0.05) is 17.8 Å². The summed E-state index contributed by atoms with van der Waals surface area (Å²) in [5.74, 6) is 1.83. The molecule has 1 N–H and O–H groups in total. The molecule has 0 spiro atoms. The van der Waals surface area contributed by atoms with Crippen molar-refractivity contribution in [2.75, 3.05) is 12.1 Å². The van der Waals surface area contributed by atoms with Crippen molar-refractivity contribution in [3.8, 4) is 22.9 Å². The second-order valence-corrected chi connectivity index (χ2v) is 7.57. The molecule has 3 heterocycles. The SMILES string of the molecule is C=CCn1c(S[C@@H](C)C(=O)Nc2ccc3c(c2)OCO3)nnc1-c1cccnc1. The molecule has 4 rings (SSSR count). The van der Waals surface area contributed by atoms with Crippen LogP contribution >= 0.6 is 11.8 Å². The molecule has 0 aliphatic carbocycles. The number of fused-ring (bicyclic) bond motifs is 1. The van der Waals surface area contributed by atoms with Gasteiger partial charge >= 0.3 is 0 Å². The van der Waals surface area contributed by atoms with E-state index in [2.05, 4.69) is 27.1 Å². The molecule has 2 aromatic heterocycles. The van der Waals surface area contributed by atoms with E-state index in [1.165, 1.54) is 11.8 Å². The monoisotopic (exact) mass is 409 g/mol. The molecular formula is C20H19N5O3S. The third-order valence-corrected chi connectivity index (χ3v) is 5.32. The molecule has 148 valence electrons. The number of nitrogens with zero attached hydrogens (tertiary/aromatic N) is 4. The fourth-order valence-corrected chi connectivity index (χ4v) is 3.67. The summed E-state index contributed by atoms with van der Waals surface area (Å²) in [6, 6.07) is 9.07. The van der Waals surface area contributed by atoms with Crippen LogP contribution in [0.4, 0.5) is 5.69 Å². The van der Waals surface area contributed by atoms with Crippen LogP contribution in [0.5, 0.6) is 11.5 Å². The number of allylic oxidation sites excluding steroid dienone is 1. The van der Waals surface area contributed by atoms with Crippen LogP contribution in [0.3, 0.4) is 0 Å². The van der Waals surface area contributed by atoms with Crippen molar-refractivity contribution in [1.82, 2.24) is 19.7 Å². The lowest BCUT2D eigenvalue weighted by atomic mass is 10.2. The van der Waals surface area contributed by atoms with Crippen LogP contribution in [0.15, 0.2) is 60.5 Å². The standard InChI is InChI=1S/C20H19N5O3S/c1-3-9-25-18(14-5-4-8-21-11-14)23-24-20(25)29-13(2)19(26)22-15-6-7-16-17(10-15)28-12-27-16/h3-8,10-11,13H,1,9,12H2,2H3,(H,22,26)/t13-/m0/s1. The molecule has 1 atom stereocenters. The van der Waals surface area contributed by atoms with Crippen LogP contribution in [-0.4, -0.2) is 37.7 Å². The number of ether oxygens (including phenoxy) is 2. The van der Waals surface area contributed by atoms with Gasteiger partial charge < -0.3 is 14.8 Å². The molecule has 29 heavy (non-hydrogen) atoms. The van der Waals surface area contributed by atoms with Crippen molar-refractivity contribution >= 4 is 23.4 Å². The molecule has 0 radical (unpaired) electrons. The fraction of sp³-hybridized carbons (Fsp3) is 0.200. The highest BCUT2D eigenvalue weighted by atomic mass is 32.2. The van der Waals surface area contributed by atoms with E-state index in [0.29, 0.717) is 34.7 Å². The number of anilines is 1. The first-order chi connectivity index (χ1) is 14.2. The van der Waals surface area contributed by atoms with Crippen LogP contribution in [-0.2, 0) is 11.3 Å². The van der Waals surface area contributed by atoms with Gasteiger partial charge in [0.25, 0.3) is 0 Å². The average molecular weight is 409 g/mol. The van der Waals surface area contributed by atoms with E-state index in [0.717, 1.165) is 5.56 Å². The van der Waals surface area contributed by atoms with Crippen molar-refractivity contribution < 1.29 is 14.3 Å². The third-order valence-electron chi connectivity index (χ3n) is 4.24. The minimum absolute atomic E-state index is 0.148. The van der Waals surface area contributed by atoms with Crippen molar-refractivity contribution in [1.29, 1.82) is 0 Å². The van der Waals surface area contributed by atoms with Crippen molar-refractivity contribution in [2.24, 2.45) is 0 Å². The second kappa shape index (κ2) is 8.36. The Kier molecular flexibility index (Phi) is 5.48. The van der Waals surface area contributed by atoms with Crippen LogP contribution < -0.4 is 14.8 Å². The molecule has 8 nitrogen and oxygen atoms in total.